The number of hydrogen-bond donors (Lipinski definition) is 0. The van der Waals surface area contributed by atoms with Crippen molar-refractivity contribution in [2.75, 3.05) is 18.5 Å². The van der Waals surface area contributed by atoms with Gasteiger partial charge in [0.2, 0.25) is 0 Å². The highest BCUT2D eigenvalue weighted by Gasteiger charge is 2.06. The molecule has 3 heteroatoms. The Morgan fingerprint density at radius 1 is 0.667 bits per heavy atom. The Labute approximate surface area is 159 Å². The highest BCUT2D eigenvalue weighted by atomic mass is 79.9. The van der Waals surface area contributed by atoms with Crippen molar-refractivity contribution >= 4 is 15.9 Å². The maximum atomic E-state index is 5.57. The molecule has 0 unspecified atom stereocenters. The lowest BCUT2D eigenvalue weighted by atomic mass is 10.0. The number of hydrogen-bond acceptors (Lipinski definition) is 2. The molecule has 24 heavy (non-hydrogen) atoms. The molecule has 0 aromatic heterocycles. The van der Waals surface area contributed by atoms with Crippen LogP contribution in [0.5, 0.6) is 0 Å². The fourth-order valence-electron chi connectivity index (χ4n) is 2.87. The topological polar surface area (TPSA) is 18.5 Å². The van der Waals surface area contributed by atoms with Crippen molar-refractivity contribution < 1.29 is 9.47 Å². The van der Waals surface area contributed by atoms with Crippen LogP contribution in [-0.4, -0.2) is 24.8 Å². The van der Waals surface area contributed by atoms with Gasteiger partial charge in [0.15, 0.2) is 6.29 Å². The second-order valence-corrected chi connectivity index (χ2v) is 7.20. The van der Waals surface area contributed by atoms with Crippen LogP contribution in [0, 0.1) is 0 Å². The first-order chi connectivity index (χ1) is 11.8. The van der Waals surface area contributed by atoms with E-state index >= 15 is 0 Å². The zero-order valence-corrected chi connectivity index (χ0v) is 17.8. The summed E-state index contributed by atoms with van der Waals surface area (Å²) in [6.07, 6.45) is 21.8. The summed E-state index contributed by atoms with van der Waals surface area (Å²) in [7, 11) is 0. The van der Waals surface area contributed by atoms with Crippen molar-refractivity contribution in [3.05, 3.63) is 12.2 Å². The third kappa shape index (κ3) is 18.5. The van der Waals surface area contributed by atoms with Crippen LogP contribution in [0.1, 0.15) is 97.3 Å². The average molecular weight is 405 g/mol. The molecule has 0 bridgehead atoms. The first-order valence-corrected chi connectivity index (χ1v) is 11.4. The highest BCUT2D eigenvalue weighted by molar-refractivity contribution is 9.09. The fourth-order valence-corrected chi connectivity index (χ4v) is 3.14. The van der Waals surface area contributed by atoms with Crippen molar-refractivity contribution in [1.82, 2.24) is 0 Å². The highest BCUT2D eigenvalue weighted by Crippen LogP contribution is 2.14. The van der Waals surface area contributed by atoms with E-state index in [1.165, 1.54) is 70.6 Å². The van der Waals surface area contributed by atoms with E-state index in [2.05, 4.69) is 28.1 Å². The van der Waals surface area contributed by atoms with Crippen molar-refractivity contribution in [2.45, 2.75) is 104 Å². The quantitative estimate of drug-likeness (QED) is 0.0964. The molecule has 0 saturated heterocycles. The number of rotatable bonds is 19. The minimum Gasteiger partial charge on any atom is -0.353 e. The molecule has 0 atom stereocenters. The lowest BCUT2D eigenvalue weighted by molar-refractivity contribution is -0.140. The number of halogens is 1. The second-order valence-electron chi connectivity index (χ2n) is 6.40. The molecule has 0 heterocycles. The largest absolute Gasteiger partial charge is 0.353 e. The third-order valence-electron chi connectivity index (χ3n) is 4.21. The maximum Gasteiger partial charge on any atom is 0.157 e. The maximum absolute atomic E-state index is 5.57. The predicted molar refractivity (Wildman–Crippen MR) is 110 cm³/mol. The van der Waals surface area contributed by atoms with E-state index in [0.717, 1.165) is 31.4 Å². The van der Waals surface area contributed by atoms with E-state index in [9.17, 15) is 0 Å². The number of unbranched alkanes of at least 4 members (excludes halogenated alkanes) is 10. The number of alkyl halides is 1. The number of allylic oxidation sites excluding steroid dienone is 2. The SMILES string of the molecule is CCOC(CCCCCCCCCCCC/C=C\CCBr)OCC. The standard InChI is InChI=1S/C21H41BrO2/c1-3-23-21(24-4-2)19-17-15-13-11-9-7-5-6-8-10-12-14-16-18-20-22/h14,16,21H,3-13,15,17-20H2,1-2H3/b16-14-. The van der Waals surface area contributed by atoms with Crippen LogP contribution >= 0.6 is 15.9 Å². The second kappa shape index (κ2) is 21.2. The summed E-state index contributed by atoms with van der Waals surface area (Å²) in [4.78, 5) is 0. The van der Waals surface area contributed by atoms with Gasteiger partial charge in [-0.2, -0.15) is 0 Å². The summed E-state index contributed by atoms with van der Waals surface area (Å²) < 4.78 is 11.1. The molecule has 0 aliphatic heterocycles. The van der Waals surface area contributed by atoms with E-state index in [1.54, 1.807) is 0 Å². The molecule has 0 rings (SSSR count). The normalized spacial score (nSPS) is 11.8. The van der Waals surface area contributed by atoms with Crippen molar-refractivity contribution in [2.24, 2.45) is 0 Å². The van der Waals surface area contributed by atoms with E-state index in [0.29, 0.717) is 0 Å². The van der Waals surface area contributed by atoms with Crippen LogP contribution in [0.4, 0.5) is 0 Å². The third-order valence-corrected chi connectivity index (χ3v) is 4.67. The van der Waals surface area contributed by atoms with E-state index in [4.69, 9.17) is 9.47 Å². The Morgan fingerprint density at radius 2 is 1.12 bits per heavy atom. The minimum absolute atomic E-state index is 0.0225. The summed E-state index contributed by atoms with van der Waals surface area (Å²) in [6, 6.07) is 0. The van der Waals surface area contributed by atoms with Crippen LogP contribution in [0.3, 0.4) is 0 Å². The molecule has 0 amide bonds. The van der Waals surface area contributed by atoms with E-state index < -0.39 is 0 Å². The monoisotopic (exact) mass is 404 g/mol. The first-order valence-electron chi connectivity index (χ1n) is 10.3. The zero-order valence-electron chi connectivity index (χ0n) is 16.2. The summed E-state index contributed by atoms with van der Waals surface area (Å²) in [6.45, 7) is 5.57. The summed E-state index contributed by atoms with van der Waals surface area (Å²) in [5.74, 6) is 0. The lowest BCUT2D eigenvalue weighted by Crippen LogP contribution is -2.17. The van der Waals surface area contributed by atoms with Gasteiger partial charge in [-0.1, -0.05) is 79.4 Å². The Morgan fingerprint density at radius 3 is 1.62 bits per heavy atom. The van der Waals surface area contributed by atoms with Gasteiger partial charge >= 0.3 is 0 Å². The van der Waals surface area contributed by atoms with Crippen LogP contribution in [-0.2, 0) is 9.47 Å². The Bertz CT molecular complexity index is 250. The molecule has 0 aromatic rings. The summed E-state index contributed by atoms with van der Waals surface area (Å²) in [5.41, 5.74) is 0. The molecular weight excluding hydrogens is 364 g/mol. The van der Waals surface area contributed by atoms with Gasteiger partial charge in [0.05, 0.1) is 0 Å². The van der Waals surface area contributed by atoms with Gasteiger partial charge in [-0.05, 0) is 46.0 Å². The lowest BCUT2D eigenvalue weighted by Gasteiger charge is -2.16. The molecule has 0 saturated carbocycles. The van der Waals surface area contributed by atoms with Gasteiger partial charge in [-0.25, -0.2) is 0 Å². The molecular formula is C21H41BrO2. The first kappa shape index (κ1) is 24.1. The zero-order chi connectivity index (χ0) is 17.7. The van der Waals surface area contributed by atoms with Gasteiger partial charge in [-0.15, -0.1) is 0 Å². The van der Waals surface area contributed by atoms with Crippen LogP contribution in [0.15, 0.2) is 12.2 Å². The molecule has 0 aromatic carbocycles. The molecule has 0 fully saturated rings. The molecule has 0 N–H and O–H groups in total. The van der Waals surface area contributed by atoms with Gasteiger partial charge in [-0.3, -0.25) is 0 Å². The van der Waals surface area contributed by atoms with E-state index in [1.807, 2.05) is 13.8 Å². The number of ether oxygens (including phenoxy) is 2. The van der Waals surface area contributed by atoms with Crippen molar-refractivity contribution in [1.29, 1.82) is 0 Å². The Kier molecular flexibility index (Phi) is 21.3. The van der Waals surface area contributed by atoms with Gasteiger partial charge in [0, 0.05) is 18.5 Å². The molecule has 2 nitrogen and oxygen atoms in total. The Hall–Kier alpha value is 0.140. The van der Waals surface area contributed by atoms with Crippen LogP contribution in [0.25, 0.3) is 0 Å². The van der Waals surface area contributed by atoms with E-state index in [-0.39, 0.29) is 6.29 Å². The van der Waals surface area contributed by atoms with Crippen LogP contribution < -0.4 is 0 Å². The minimum atomic E-state index is 0.0225. The van der Waals surface area contributed by atoms with Crippen molar-refractivity contribution in [3.8, 4) is 0 Å². The molecule has 0 aliphatic rings. The smallest absolute Gasteiger partial charge is 0.157 e. The van der Waals surface area contributed by atoms with Crippen molar-refractivity contribution in [3.63, 3.8) is 0 Å². The molecule has 144 valence electrons. The predicted octanol–water partition coefficient (Wildman–Crippen LogP) is 7.41. The molecule has 0 aliphatic carbocycles. The van der Waals surface area contributed by atoms with Gasteiger partial charge in [0.1, 0.15) is 0 Å². The Balaban J connectivity index is 3.19. The molecule has 0 spiro atoms. The molecule has 0 radical (unpaired) electrons. The summed E-state index contributed by atoms with van der Waals surface area (Å²) >= 11 is 3.44. The van der Waals surface area contributed by atoms with Crippen LogP contribution in [0.2, 0.25) is 0 Å². The summed E-state index contributed by atoms with van der Waals surface area (Å²) in [5, 5.41) is 1.09. The fraction of sp³-hybridized carbons (Fsp3) is 0.905. The van der Waals surface area contributed by atoms with Gasteiger partial charge in [0.25, 0.3) is 0 Å². The average Bonchev–Trinajstić information content (AvgIpc) is 2.58. The van der Waals surface area contributed by atoms with Gasteiger partial charge < -0.3 is 9.47 Å².